The van der Waals surface area contributed by atoms with E-state index in [4.69, 9.17) is 0 Å². The minimum Gasteiger partial charge on any atom is -0.0764 e. The van der Waals surface area contributed by atoms with E-state index in [0.717, 1.165) is 25.7 Å². The van der Waals surface area contributed by atoms with Gasteiger partial charge in [0.15, 0.2) is 5.16 Å². The Balaban J connectivity index is 1.55. The van der Waals surface area contributed by atoms with Gasteiger partial charge in [-0.1, -0.05) is 128 Å². The van der Waals surface area contributed by atoms with E-state index in [-0.39, 0.29) is 13.6 Å². The molecule has 0 N–H and O–H groups in total. The number of benzene rings is 5. The van der Waals surface area contributed by atoms with E-state index in [1.165, 1.54) is 44.2 Å². The van der Waals surface area contributed by atoms with Crippen LogP contribution in [-0.2, 0) is 16.1 Å². The van der Waals surface area contributed by atoms with Gasteiger partial charge in [-0.15, -0.1) is 0 Å². The largest absolute Gasteiger partial charge is 0.335 e. The van der Waals surface area contributed by atoms with Crippen molar-refractivity contribution in [3.8, 4) is 11.1 Å². The van der Waals surface area contributed by atoms with Gasteiger partial charge in [-0.25, -0.2) is 0 Å². The zero-order chi connectivity index (χ0) is 26.4. The first-order chi connectivity index (χ1) is 18.7. The Morgan fingerprint density at radius 3 is 1.82 bits per heavy atom. The highest BCUT2D eigenvalue weighted by molar-refractivity contribution is 7.25. The van der Waals surface area contributed by atoms with Gasteiger partial charge >= 0.3 is 8.46 Å². The summed E-state index contributed by atoms with van der Waals surface area (Å²) in [6.07, 6.45) is 3.80. The molecule has 0 aliphatic rings. The summed E-state index contributed by atoms with van der Waals surface area (Å²) < 4.78 is 12.7. The molecule has 2 atom stereocenters. The van der Waals surface area contributed by atoms with Crippen LogP contribution in [-0.4, -0.2) is 0 Å². The molecule has 1 nitrogen and oxygen atoms in total. The van der Waals surface area contributed by atoms with E-state index in [2.05, 4.69) is 135 Å². The van der Waals surface area contributed by atoms with Crippen LogP contribution in [0, 0.1) is 0 Å². The Kier molecular flexibility index (Phi) is 8.16. The van der Waals surface area contributed by atoms with Crippen LogP contribution >= 0.6 is 8.46 Å². The molecule has 0 saturated carbocycles. The van der Waals surface area contributed by atoms with Crippen LogP contribution in [0.4, 0.5) is 0 Å². The van der Waals surface area contributed by atoms with Crippen LogP contribution in [0.25, 0.3) is 21.9 Å². The van der Waals surface area contributed by atoms with Crippen LogP contribution in [0.3, 0.4) is 0 Å². The monoisotopic (exact) mass is 515 g/mol. The normalized spacial score (nSPS) is 12.6. The molecule has 5 aromatic rings. The van der Waals surface area contributed by atoms with Gasteiger partial charge < -0.3 is 0 Å². The molecule has 0 saturated heterocycles. The Labute approximate surface area is 228 Å². The van der Waals surface area contributed by atoms with Gasteiger partial charge in [-0.3, -0.25) is 0 Å². The second-order valence-corrected chi connectivity index (χ2v) is 11.4. The van der Waals surface area contributed by atoms with Gasteiger partial charge in [0, 0.05) is 11.5 Å². The van der Waals surface area contributed by atoms with Gasteiger partial charge in [0.1, 0.15) is 0 Å². The van der Waals surface area contributed by atoms with Gasteiger partial charge in [0.25, 0.3) is 0 Å². The first-order valence-electron chi connectivity index (χ1n) is 13.8. The molecule has 0 aliphatic heterocycles. The van der Waals surface area contributed by atoms with Crippen molar-refractivity contribution in [3.05, 3.63) is 144 Å². The Morgan fingerprint density at radius 2 is 1.21 bits per heavy atom. The second kappa shape index (κ2) is 11.9. The molecule has 0 amide bonds. The fourth-order valence-corrected chi connectivity index (χ4v) is 6.37. The minimum atomic E-state index is -0.380. The highest BCUT2D eigenvalue weighted by Gasteiger charge is 2.39. The molecule has 2 unspecified atom stereocenters. The number of hydrogen-bond acceptors (Lipinski definition) is 1. The maximum Gasteiger partial charge on any atom is 0.335 e. The molecule has 0 spiro atoms. The highest BCUT2D eigenvalue weighted by Crippen LogP contribution is 2.47. The molecule has 2 heteroatoms. The fraction of sp³-hybridized carbons (Fsp3) is 0.222. The number of fused-ring (bicyclic) bond motifs is 1. The summed E-state index contributed by atoms with van der Waals surface area (Å²) in [7, 11) is -0.380. The third-order valence-electron chi connectivity index (χ3n) is 8.19. The first kappa shape index (κ1) is 26.1. The van der Waals surface area contributed by atoms with Crippen molar-refractivity contribution in [1.29, 1.82) is 0 Å². The van der Waals surface area contributed by atoms with E-state index in [9.17, 15) is 4.57 Å². The molecule has 38 heavy (non-hydrogen) atoms. The van der Waals surface area contributed by atoms with Crippen molar-refractivity contribution in [2.75, 3.05) is 0 Å². The number of aryl methyl sites for hydroxylation is 1. The average molecular weight is 516 g/mol. The van der Waals surface area contributed by atoms with Gasteiger partial charge in [-0.05, 0) is 76.4 Å². The molecule has 0 fully saturated rings. The lowest BCUT2D eigenvalue weighted by Gasteiger charge is -2.23. The summed E-state index contributed by atoms with van der Waals surface area (Å²) in [6, 6.07) is 43.8. The standard InChI is InChI=1S/C36H35OP/c1-3-36(4-2,38-37)35-26-32-18-12-11-17-31(32)25-34(35)30-22-20-29(21-23-30)33(28-15-9-6-10-16-28)24-19-27-13-7-5-8-14-27/h5-18,20-23,25-26,33H,3-4,19,24H2,1-2H3/p+1. The van der Waals surface area contributed by atoms with E-state index in [1.807, 2.05) is 0 Å². The summed E-state index contributed by atoms with van der Waals surface area (Å²) in [5.41, 5.74) is 7.65. The lowest BCUT2D eigenvalue weighted by atomic mass is 9.83. The molecule has 0 bridgehead atoms. The molecule has 190 valence electrons. The van der Waals surface area contributed by atoms with E-state index < -0.39 is 0 Å². The van der Waals surface area contributed by atoms with Crippen molar-refractivity contribution in [2.45, 2.75) is 50.6 Å². The predicted octanol–water partition coefficient (Wildman–Crippen LogP) is 10.3. The van der Waals surface area contributed by atoms with Crippen LogP contribution in [0.2, 0.25) is 0 Å². The van der Waals surface area contributed by atoms with Crippen molar-refractivity contribution in [1.82, 2.24) is 0 Å². The van der Waals surface area contributed by atoms with E-state index in [0.29, 0.717) is 5.92 Å². The van der Waals surface area contributed by atoms with Gasteiger partial charge in [0.2, 0.25) is 0 Å². The van der Waals surface area contributed by atoms with Crippen LogP contribution in [0.5, 0.6) is 0 Å². The lowest BCUT2D eigenvalue weighted by molar-refractivity contribution is 0.523. The zero-order valence-corrected chi connectivity index (χ0v) is 23.4. The maximum absolute atomic E-state index is 12.7. The van der Waals surface area contributed by atoms with Crippen molar-refractivity contribution < 1.29 is 4.57 Å². The molecule has 0 heterocycles. The SMILES string of the molecule is CCC(CC)([PH+]=O)c1cc2ccccc2cc1-c1ccc(C(CCc2ccccc2)c2ccccc2)cc1. The summed E-state index contributed by atoms with van der Waals surface area (Å²) in [5, 5.41) is 2.09. The number of rotatable bonds is 10. The van der Waals surface area contributed by atoms with E-state index in [1.54, 1.807) is 0 Å². The smallest absolute Gasteiger partial charge is 0.0764 e. The quantitative estimate of drug-likeness (QED) is 0.169. The molecule has 0 aromatic heterocycles. The van der Waals surface area contributed by atoms with Crippen LogP contribution in [0.1, 0.15) is 61.3 Å². The predicted molar refractivity (Wildman–Crippen MR) is 164 cm³/mol. The first-order valence-corrected chi connectivity index (χ1v) is 14.7. The Hall–Kier alpha value is -3.54. The fourth-order valence-electron chi connectivity index (χ4n) is 5.77. The summed E-state index contributed by atoms with van der Waals surface area (Å²) in [6.45, 7) is 4.32. The third kappa shape index (κ3) is 5.35. The number of hydrogen-bond donors (Lipinski definition) is 0. The second-order valence-electron chi connectivity index (χ2n) is 10.2. The van der Waals surface area contributed by atoms with Crippen LogP contribution < -0.4 is 0 Å². The van der Waals surface area contributed by atoms with Crippen molar-refractivity contribution >= 4 is 19.2 Å². The topological polar surface area (TPSA) is 17.1 Å². The molecule has 5 aromatic carbocycles. The molecule has 5 rings (SSSR count). The molecular weight excluding hydrogens is 479 g/mol. The Morgan fingerprint density at radius 1 is 0.658 bits per heavy atom. The molecular formula is C36H36OP+. The van der Waals surface area contributed by atoms with Crippen molar-refractivity contribution in [3.63, 3.8) is 0 Å². The highest BCUT2D eigenvalue weighted by atomic mass is 31.1. The minimum absolute atomic E-state index is 0.329. The van der Waals surface area contributed by atoms with Crippen LogP contribution in [0.15, 0.2) is 121 Å². The Bertz CT molecular complexity index is 1490. The van der Waals surface area contributed by atoms with Crippen molar-refractivity contribution in [2.24, 2.45) is 0 Å². The summed E-state index contributed by atoms with van der Waals surface area (Å²) in [4.78, 5) is 0. The third-order valence-corrected chi connectivity index (χ3v) is 9.56. The summed E-state index contributed by atoms with van der Waals surface area (Å²) >= 11 is 0. The molecule has 0 aliphatic carbocycles. The summed E-state index contributed by atoms with van der Waals surface area (Å²) in [5.74, 6) is 0.329. The molecule has 0 radical (unpaired) electrons. The average Bonchev–Trinajstić information content (AvgIpc) is 2.99. The van der Waals surface area contributed by atoms with Gasteiger partial charge in [0.05, 0.1) is 0 Å². The van der Waals surface area contributed by atoms with E-state index >= 15 is 0 Å². The van der Waals surface area contributed by atoms with Gasteiger partial charge in [-0.2, -0.15) is 0 Å². The zero-order valence-electron chi connectivity index (χ0n) is 22.4. The maximum atomic E-state index is 12.7. The lowest BCUT2D eigenvalue weighted by Crippen LogP contribution is -2.17.